The highest BCUT2D eigenvalue weighted by molar-refractivity contribution is 7.99. The number of amides is 1. The summed E-state index contributed by atoms with van der Waals surface area (Å²) in [7, 11) is 0. The molecule has 1 unspecified atom stereocenters. The number of benzene rings is 2. The highest BCUT2D eigenvalue weighted by Crippen LogP contribution is 2.35. The molecule has 1 heterocycles. The van der Waals surface area contributed by atoms with Gasteiger partial charge in [-0.25, -0.2) is 4.79 Å². The molecule has 0 bridgehead atoms. The number of carboxylic acids is 1. The number of hydrogen-bond acceptors (Lipinski definition) is 3. The zero-order valence-corrected chi connectivity index (χ0v) is 14.2. The average molecular weight is 341 g/mol. The molecule has 1 aliphatic heterocycles. The summed E-state index contributed by atoms with van der Waals surface area (Å²) in [5.74, 6) is -0.208. The lowest BCUT2D eigenvalue weighted by Gasteiger charge is -2.25. The first-order valence-electron chi connectivity index (χ1n) is 7.87. The third kappa shape index (κ3) is 3.62. The molecule has 1 atom stereocenters. The van der Waals surface area contributed by atoms with Gasteiger partial charge in [-0.15, -0.1) is 0 Å². The molecule has 2 aromatic rings. The van der Waals surface area contributed by atoms with Gasteiger partial charge in [0.05, 0.1) is 5.56 Å². The van der Waals surface area contributed by atoms with Gasteiger partial charge in [-0.05, 0) is 54.0 Å². The van der Waals surface area contributed by atoms with Crippen molar-refractivity contribution in [3.05, 3.63) is 70.3 Å². The van der Waals surface area contributed by atoms with Crippen LogP contribution in [0, 0.1) is 6.92 Å². The summed E-state index contributed by atoms with van der Waals surface area (Å²) in [4.78, 5) is 23.5. The standard InChI is InChI=1S/C19H19NO3S/c1-12-8-14(10-15(9-12)19(22)23)18(21)20-11-17-16-5-3-2-4-13(16)6-7-24-17/h2-5,8-10,17H,6-7,11H2,1H3,(H,20,21)(H,22,23). The van der Waals surface area contributed by atoms with Crippen molar-refractivity contribution in [1.29, 1.82) is 0 Å². The van der Waals surface area contributed by atoms with Crippen LogP contribution in [-0.4, -0.2) is 29.3 Å². The van der Waals surface area contributed by atoms with Crippen molar-refractivity contribution in [2.75, 3.05) is 12.3 Å². The summed E-state index contributed by atoms with van der Waals surface area (Å²) in [5.41, 5.74) is 3.92. The molecule has 1 aliphatic rings. The van der Waals surface area contributed by atoms with Crippen LogP contribution in [0.1, 0.15) is 42.7 Å². The largest absolute Gasteiger partial charge is 0.478 e. The van der Waals surface area contributed by atoms with Crippen LogP contribution in [0.3, 0.4) is 0 Å². The van der Waals surface area contributed by atoms with Crippen LogP contribution in [0.4, 0.5) is 0 Å². The predicted octanol–water partition coefficient (Wildman–Crippen LogP) is 3.45. The van der Waals surface area contributed by atoms with Crippen molar-refractivity contribution >= 4 is 23.6 Å². The Hall–Kier alpha value is -2.27. The Balaban J connectivity index is 1.72. The Morgan fingerprint density at radius 3 is 2.75 bits per heavy atom. The van der Waals surface area contributed by atoms with Gasteiger partial charge in [0.1, 0.15) is 0 Å². The summed E-state index contributed by atoms with van der Waals surface area (Å²) in [6, 6.07) is 13.0. The molecule has 0 saturated carbocycles. The Kier molecular flexibility index (Phi) is 4.90. The van der Waals surface area contributed by atoms with E-state index in [1.165, 1.54) is 17.2 Å². The van der Waals surface area contributed by atoms with Crippen molar-refractivity contribution in [2.45, 2.75) is 18.6 Å². The van der Waals surface area contributed by atoms with Gasteiger partial charge in [-0.2, -0.15) is 11.8 Å². The van der Waals surface area contributed by atoms with E-state index in [1.54, 1.807) is 19.1 Å². The van der Waals surface area contributed by atoms with Gasteiger partial charge in [-0.1, -0.05) is 24.3 Å². The van der Waals surface area contributed by atoms with E-state index in [-0.39, 0.29) is 16.7 Å². The van der Waals surface area contributed by atoms with Crippen LogP contribution in [0.25, 0.3) is 0 Å². The number of aryl methyl sites for hydroxylation is 2. The highest BCUT2D eigenvalue weighted by Gasteiger charge is 2.21. The number of thioether (sulfide) groups is 1. The van der Waals surface area contributed by atoms with Crippen molar-refractivity contribution in [3.8, 4) is 0 Å². The normalized spacial score (nSPS) is 16.3. The fraction of sp³-hybridized carbons (Fsp3) is 0.263. The lowest BCUT2D eigenvalue weighted by Crippen LogP contribution is -2.29. The number of hydrogen-bond donors (Lipinski definition) is 2. The van der Waals surface area contributed by atoms with E-state index in [1.807, 2.05) is 23.9 Å². The SMILES string of the molecule is Cc1cc(C(=O)O)cc(C(=O)NCC2SCCc3ccccc32)c1. The number of carboxylic acid groups (broad SMARTS) is 1. The lowest BCUT2D eigenvalue weighted by atomic mass is 10.0. The van der Waals surface area contributed by atoms with Gasteiger partial charge in [0.25, 0.3) is 5.91 Å². The predicted molar refractivity (Wildman–Crippen MR) is 95.8 cm³/mol. The van der Waals surface area contributed by atoms with Gasteiger partial charge in [-0.3, -0.25) is 4.79 Å². The topological polar surface area (TPSA) is 66.4 Å². The van der Waals surface area contributed by atoms with Gasteiger partial charge < -0.3 is 10.4 Å². The van der Waals surface area contributed by atoms with Crippen LogP contribution < -0.4 is 5.32 Å². The van der Waals surface area contributed by atoms with Gasteiger partial charge in [0.15, 0.2) is 0 Å². The first kappa shape index (κ1) is 16.6. The number of aromatic carboxylic acids is 1. The minimum Gasteiger partial charge on any atom is -0.478 e. The number of carbonyl (C=O) groups excluding carboxylic acids is 1. The molecule has 3 rings (SSSR count). The van der Waals surface area contributed by atoms with E-state index >= 15 is 0 Å². The Bertz CT molecular complexity index is 788. The molecule has 24 heavy (non-hydrogen) atoms. The first-order valence-corrected chi connectivity index (χ1v) is 8.92. The summed E-state index contributed by atoms with van der Waals surface area (Å²) >= 11 is 1.85. The van der Waals surface area contributed by atoms with Gasteiger partial charge in [0, 0.05) is 17.4 Å². The maximum absolute atomic E-state index is 12.4. The monoisotopic (exact) mass is 341 g/mol. The molecular weight excluding hydrogens is 322 g/mol. The fourth-order valence-corrected chi connectivity index (χ4v) is 4.20. The second-order valence-corrected chi connectivity index (χ2v) is 7.22. The zero-order chi connectivity index (χ0) is 17.1. The van der Waals surface area contributed by atoms with Gasteiger partial charge >= 0.3 is 5.97 Å². The zero-order valence-electron chi connectivity index (χ0n) is 13.4. The molecule has 1 amide bonds. The van der Waals surface area contributed by atoms with Crippen LogP contribution in [0.2, 0.25) is 0 Å². The summed E-state index contributed by atoms with van der Waals surface area (Å²) in [6.07, 6.45) is 1.06. The lowest BCUT2D eigenvalue weighted by molar-refractivity contribution is 0.0696. The molecule has 0 saturated heterocycles. The molecule has 124 valence electrons. The van der Waals surface area contributed by atoms with E-state index in [0.29, 0.717) is 12.1 Å². The maximum atomic E-state index is 12.4. The van der Waals surface area contributed by atoms with Crippen molar-refractivity contribution in [2.24, 2.45) is 0 Å². The van der Waals surface area contributed by atoms with E-state index in [2.05, 4.69) is 17.4 Å². The van der Waals surface area contributed by atoms with E-state index < -0.39 is 5.97 Å². The molecule has 0 fully saturated rings. The third-order valence-electron chi connectivity index (χ3n) is 4.13. The van der Waals surface area contributed by atoms with E-state index in [9.17, 15) is 9.59 Å². The Morgan fingerprint density at radius 1 is 1.21 bits per heavy atom. The van der Waals surface area contributed by atoms with Crippen LogP contribution in [0.5, 0.6) is 0 Å². The molecule has 0 aromatic heterocycles. The molecule has 0 aliphatic carbocycles. The number of carbonyl (C=O) groups is 2. The summed E-state index contributed by atoms with van der Waals surface area (Å²) in [6.45, 7) is 2.33. The molecule has 2 aromatic carbocycles. The van der Waals surface area contributed by atoms with E-state index in [0.717, 1.165) is 17.7 Å². The maximum Gasteiger partial charge on any atom is 0.335 e. The second-order valence-electron chi connectivity index (χ2n) is 5.91. The van der Waals surface area contributed by atoms with Crippen molar-refractivity contribution in [1.82, 2.24) is 5.32 Å². The number of fused-ring (bicyclic) bond motifs is 1. The Labute approximate surface area is 145 Å². The molecule has 2 N–H and O–H groups in total. The molecule has 0 radical (unpaired) electrons. The number of rotatable bonds is 4. The third-order valence-corrected chi connectivity index (χ3v) is 5.39. The summed E-state index contributed by atoms with van der Waals surface area (Å²) in [5, 5.41) is 12.3. The quantitative estimate of drug-likeness (QED) is 0.894. The molecule has 0 spiro atoms. The smallest absolute Gasteiger partial charge is 0.335 e. The molecule has 5 heteroatoms. The minimum atomic E-state index is -1.02. The average Bonchev–Trinajstić information content (AvgIpc) is 2.59. The van der Waals surface area contributed by atoms with Crippen LogP contribution in [-0.2, 0) is 6.42 Å². The Morgan fingerprint density at radius 2 is 1.96 bits per heavy atom. The summed E-state index contributed by atoms with van der Waals surface area (Å²) < 4.78 is 0. The fourth-order valence-electron chi connectivity index (χ4n) is 2.97. The highest BCUT2D eigenvalue weighted by atomic mass is 32.2. The first-order chi connectivity index (χ1) is 11.5. The van der Waals surface area contributed by atoms with E-state index in [4.69, 9.17) is 5.11 Å². The van der Waals surface area contributed by atoms with Crippen LogP contribution >= 0.6 is 11.8 Å². The minimum absolute atomic E-state index is 0.137. The number of nitrogens with one attached hydrogen (secondary N) is 1. The van der Waals surface area contributed by atoms with Crippen molar-refractivity contribution < 1.29 is 14.7 Å². The molecular formula is C19H19NO3S. The second kappa shape index (κ2) is 7.09. The van der Waals surface area contributed by atoms with Gasteiger partial charge in [0.2, 0.25) is 0 Å². The molecule has 4 nitrogen and oxygen atoms in total. The van der Waals surface area contributed by atoms with Crippen molar-refractivity contribution in [3.63, 3.8) is 0 Å². The van der Waals surface area contributed by atoms with Crippen LogP contribution in [0.15, 0.2) is 42.5 Å².